The first-order valence-electron chi connectivity index (χ1n) is 6.02. The number of hydrogen-bond acceptors (Lipinski definition) is 6. The molecule has 0 bridgehead atoms. The second-order valence-electron chi connectivity index (χ2n) is 4.48. The summed E-state index contributed by atoms with van der Waals surface area (Å²) in [5, 5.41) is 2.24. The lowest BCUT2D eigenvalue weighted by molar-refractivity contribution is -0.132. The van der Waals surface area contributed by atoms with Gasteiger partial charge in [-0.3, -0.25) is 14.9 Å². The summed E-state index contributed by atoms with van der Waals surface area (Å²) in [5.74, 6) is -1.31. The van der Waals surface area contributed by atoms with E-state index in [2.05, 4.69) is 10.1 Å². The number of benzene rings is 1. The molecule has 20 heavy (non-hydrogen) atoms. The summed E-state index contributed by atoms with van der Waals surface area (Å²) in [7, 11) is 1.28. The Labute approximate surface area is 115 Å². The molecule has 1 fully saturated rings. The lowest BCUT2D eigenvalue weighted by Gasteiger charge is -2.34. The number of methoxy groups -OCH3 is 1. The molecule has 1 aromatic carbocycles. The number of esters is 1. The van der Waals surface area contributed by atoms with Crippen molar-refractivity contribution >= 4 is 29.2 Å². The molecule has 0 spiro atoms. The van der Waals surface area contributed by atoms with Crippen LogP contribution < -0.4 is 16.0 Å². The average Bonchev–Trinajstić information content (AvgIpc) is 2.42. The van der Waals surface area contributed by atoms with Crippen molar-refractivity contribution in [1.29, 1.82) is 0 Å². The summed E-state index contributed by atoms with van der Waals surface area (Å²) in [6, 6.07) is 4.04. The first-order chi connectivity index (χ1) is 9.43. The van der Waals surface area contributed by atoms with Crippen molar-refractivity contribution in [3.63, 3.8) is 0 Å². The Bertz CT molecular complexity index is 585. The Hall–Kier alpha value is -2.57. The van der Waals surface area contributed by atoms with Crippen LogP contribution in [0.3, 0.4) is 0 Å². The second-order valence-corrected chi connectivity index (χ2v) is 4.48. The molecule has 2 rings (SSSR count). The highest BCUT2D eigenvalue weighted by molar-refractivity contribution is 6.05. The van der Waals surface area contributed by atoms with E-state index in [-0.39, 0.29) is 6.54 Å². The third kappa shape index (κ3) is 2.42. The number of nitrogen functional groups attached to an aromatic ring is 1. The molecular weight excluding hydrogens is 262 g/mol. The minimum atomic E-state index is -0.553. The van der Waals surface area contributed by atoms with Crippen molar-refractivity contribution in [2.75, 3.05) is 24.3 Å². The number of nitrogens with one attached hydrogen (secondary N) is 1. The molecule has 0 radical (unpaired) electrons. The Balaban J connectivity index is 2.42. The molecule has 1 aliphatic heterocycles. The predicted octanol–water partition coefficient (Wildman–Crippen LogP) is -0.0933. The maximum atomic E-state index is 11.7. The standard InChI is InChI=1S/C13H15N3O4/c1-7-12(18)15-11(17)6-16(7)10-5-8(13(19)20-2)3-4-9(10)14/h3-5,7H,6,14H2,1-2H3,(H,15,17,18). The molecule has 106 valence electrons. The minimum absolute atomic E-state index is 0.00172. The maximum Gasteiger partial charge on any atom is 0.337 e. The van der Waals surface area contributed by atoms with Gasteiger partial charge in [0.25, 0.3) is 0 Å². The molecule has 2 amide bonds. The summed E-state index contributed by atoms with van der Waals surface area (Å²) in [6.07, 6.45) is 0. The number of hydrogen-bond donors (Lipinski definition) is 2. The molecular formula is C13H15N3O4. The third-order valence-electron chi connectivity index (χ3n) is 3.18. The van der Waals surface area contributed by atoms with Gasteiger partial charge in [0.05, 0.1) is 30.6 Å². The van der Waals surface area contributed by atoms with E-state index in [0.29, 0.717) is 16.9 Å². The zero-order valence-corrected chi connectivity index (χ0v) is 11.2. The number of rotatable bonds is 2. The predicted molar refractivity (Wildman–Crippen MR) is 72.2 cm³/mol. The van der Waals surface area contributed by atoms with Crippen molar-refractivity contribution in [2.45, 2.75) is 13.0 Å². The Morgan fingerprint density at radius 2 is 2.15 bits per heavy atom. The SMILES string of the molecule is COC(=O)c1ccc(N)c(N2CC(=O)NC(=O)C2C)c1. The van der Waals surface area contributed by atoms with Crippen molar-refractivity contribution in [3.8, 4) is 0 Å². The van der Waals surface area contributed by atoms with Crippen molar-refractivity contribution in [3.05, 3.63) is 23.8 Å². The van der Waals surface area contributed by atoms with Crippen LogP contribution in [0.15, 0.2) is 18.2 Å². The quantitative estimate of drug-likeness (QED) is 0.445. The normalized spacial score (nSPS) is 18.7. The molecule has 1 aliphatic rings. The van der Waals surface area contributed by atoms with Crippen LogP contribution >= 0.6 is 0 Å². The maximum absolute atomic E-state index is 11.7. The van der Waals surface area contributed by atoms with Gasteiger partial charge in [-0.15, -0.1) is 0 Å². The molecule has 0 aliphatic carbocycles. The molecule has 1 atom stereocenters. The number of nitrogens with zero attached hydrogens (tertiary/aromatic N) is 1. The Morgan fingerprint density at radius 1 is 1.45 bits per heavy atom. The van der Waals surface area contributed by atoms with E-state index in [1.807, 2.05) is 0 Å². The number of piperazine rings is 1. The van der Waals surface area contributed by atoms with Gasteiger partial charge in [-0.2, -0.15) is 0 Å². The van der Waals surface area contributed by atoms with Gasteiger partial charge in [-0.05, 0) is 25.1 Å². The largest absolute Gasteiger partial charge is 0.465 e. The first-order valence-corrected chi connectivity index (χ1v) is 6.02. The van der Waals surface area contributed by atoms with Crippen LogP contribution in [0.5, 0.6) is 0 Å². The highest BCUT2D eigenvalue weighted by Gasteiger charge is 2.31. The highest BCUT2D eigenvalue weighted by atomic mass is 16.5. The van der Waals surface area contributed by atoms with Crippen molar-refractivity contribution in [1.82, 2.24) is 5.32 Å². The van der Waals surface area contributed by atoms with E-state index >= 15 is 0 Å². The van der Waals surface area contributed by atoms with Gasteiger partial charge in [0.1, 0.15) is 6.04 Å². The van der Waals surface area contributed by atoms with E-state index in [1.165, 1.54) is 19.2 Å². The summed E-state index contributed by atoms with van der Waals surface area (Å²) >= 11 is 0. The number of nitrogens with two attached hydrogens (primary N) is 1. The molecule has 3 N–H and O–H groups in total. The topological polar surface area (TPSA) is 102 Å². The summed E-state index contributed by atoms with van der Waals surface area (Å²) < 4.78 is 4.64. The van der Waals surface area contributed by atoms with Gasteiger partial charge in [-0.25, -0.2) is 4.79 Å². The monoisotopic (exact) mass is 277 g/mol. The number of anilines is 2. The van der Waals surface area contributed by atoms with E-state index < -0.39 is 23.8 Å². The average molecular weight is 277 g/mol. The summed E-state index contributed by atoms with van der Waals surface area (Å²) in [6.45, 7) is 1.66. The smallest absolute Gasteiger partial charge is 0.337 e. The van der Waals surface area contributed by atoms with Crippen molar-refractivity contribution < 1.29 is 19.1 Å². The number of ether oxygens (including phenoxy) is 1. The molecule has 0 saturated carbocycles. The molecule has 1 unspecified atom stereocenters. The first kappa shape index (κ1) is 13.9. The number of carbonyl (C=O) groups is 3. The van der Waals surface area contributed by atoms with E-state index in [9.17, 15) is 14.4 Å². The second kappa shape index (κ2) is 5.20. The van der Waals surface area contributed by atoms with Gasteiger partial charge >= 0.3 is 5.97 Å². The van der Waals surface area contributed by atoms with Crippen LogP contribution in [-0.4, -0.2) is 37.5 Å². The van der Waals surface area contributed by atoms with E-state index in [4.69, 9.17) is 5.73 Å². The highest BCUT2D eigenvalue weighted by Crippen LogP contribution is 2.27. The van der Waals surface area contributed by atoms with Crippen LogP contribution in [0.1, 0.15) is 17.3 Å². The molecule has 1 aromatic rings. The lowest BCUT2D eigenvalue weighted by atomic mass is 10.1. The van der Waals surface area contributed by atoms with E-state index in [1.54, 1.807) is 17.9 Å². The van der Waals surface area contributed by atoms with Gasteiger partial charge < -0.3 is 15.4 Å². The molecule has 0 aromatic heterocycles. The zero-order valence-electron chi connectivity index (χ0n) is 11.2. The fourth-order valence-corrected chi connectivity index (χ4v) is 2.05. The fourth-order valence-electron chi connectivity index (χ4n) is 2.05. The molecule has 1 heterocycles. The zero-order chi connectivity index (χ0) is 14.9. The van der Waals surface area contributed by atoms with Crippen LogP contribution in [0.2, 0.25) is 0 Å². The third-order valence-corrected chi connectivity index (χ3v) is 3.18. The Kier molecular flexibility index (Phi) is 3.60. The van der Waals surface area contributed by atoms with Crippen LogP contribution in [0, 0.1) is 0 Å². The van der Waals surface area contributed by atoms with Crippen LogP contribution in [-0.2, 0) is 14.3 Å². The van der Waals surface area contributed by atoms with Gasteiger partial charge in [-0.1, -0.05) is 0 Å². The van der Waals surface area contributed by atoms with Gasteiger partial charge in [0.2, 0.25) is 11.8 Å². The molecule has 7 heteroatoms. The molecule has 7 nitrogen and oxygen atoms in total. The fraction of sp³-hybridized carbons (Fsp3) is 0.308. The molecule has 1 saturated heterocycles. The van der Waals surface area contributed by atoms with Crippen molar-refractivity contribution in [2.24, 2.45) is 0 Å². The minimum Gasteiger partial charge on any atom is -0.465 e. The number of amides is 2. The van der Waals surface area contributed by atoms with Crippen LogP contribution in [0.25, 0.3) is 0 Å². The lowest BCUT2D eigenvalue weighted by Crippen LogP contribution is -2.57. The number of carbonyl (C=O) groups excluding carboxylic acids is 3. The van der Waals surface area contributed by atoms with Gasteiger partial charge in [0, 0.05) is 0 Å². The number of imide groups is 1. The Morgan fingerprint density at radius 3 is 2.80 bits per heavy atom. The van der Waals surface area contributed by atoms with E-state index in [0.717, 1.165) is 0 Å². The summed E-state index contributed by atoms with van der Waals surface area (Å²) in [5.41, 5.74) is 7.03. The van der Waals surface area contributed by atoms with Crippen LogP contribution in [0.4, 0.5) is 11.4 Å². The summed E-state index contributed by atoms with van der Waals surface area (Å²) in [4.78, 5) is 36.3. The van der Waals surface area contributed by atoms with Gasteiger partial charge in [0.15, 0.2) is 0 Å².